The second kappa shape index (κ2) is 6.85. The Balaban J connectivity index is 1.53. The minimum absolute atomic E-state index is 0.151. The Morgan fingerprint density at radius 3 is 3.10 bits per heavy atom. The molecule has 2 aliphatic rings. The number of hydrogen-bond acceptors (Lipinski definition) is 5. The van der Waals surface area contributed by atoms with Crippen molar-refractivity contribution in [2.75, 3.05) is 26.8 Å². The molecule has 6 heteroatoms. The van der Waals surface area contributed by atoms with Crippen LogP contribution in [-0.4, -0.2) is 48.6 Å². The lowest BCUT2D eigenvalue weighted by atomic mass is 10.0. The molecule has 0 spiro atoms. The van der Waals surface area contributed by atoms with Gasteiger partial charge >= 0.3 is 0 Å². The molecule has 1 aromatic heterocycles. The van der Waals surface area contributed by atoms with Gasteiger partial charge in [-0.2, -0.15) is 0 Å². The molecule has 0 aromatic carbocycles. The maximum Gasteiger partial charge on any atom is 0.224 e. The number of nitrogens with zero attached hydrogens (tertiary/aromatic N) is 2. The molecule has 1 atom stereocenters. The van der Waals surface area contributed by atoms with Gasteiger partial charge in [-0.25, -0.2) is 4.98 Å². The summed E-state index contributed by atoms with van der Waals surface area (Å²) in [7, 11) is 1.87. The molecule has 2 heterocycles. The molecule has 0 saturated carbocycles. The van der Waals surface area contributed by atoms with Crippen LogP contribution in [0, 0.1) is 0 Å². The van der Waals surface area contributed by atoms with Crippen molar-refractivity contribution >= 4 is 17.2 Å². The zero-order valence-electron chi connectivity index (χ0n) is 12.6. The van der Waals surface area contributed by atoms with Crippen LogP contribution < -0.4 is 5.32 Å². The Kier molecular flexibility index (Phi) is 4.87. The number of carbonyl (C=O) groups is 1. The van der Waals surface area contributed by atoms with Gasteiger partial charge in [-0.15, -0.1) is 11.3 Å². The number of aryl methyl sites for hydroxylation is 2. The van der Waals surface area contributed by atoms with Gasteiger partial charge in [-0.05, 0) is 25.7 Å². The van der Waals surface area contributed by atoms with Crippen LogP contribution in [0.25, 0.3) is 0 Å². The Morgan fingerprint density at radius 1 is 1.48 bits per heavy atom. The van der Waals surface area contributed by atoms with Gasteiger partial charge in [0.05, 0.1) is 25.5 Å². The van der Waals surface area contributed by atoms with E-state index in [9.17, 15) is 4.79 Å². The van der Waals surface area contributed by atoms with Gasteiger partial charge in [0.1, 0.15) is 5.01 Å². The van der Waals surface area contributed by atoms with E-state index >= 15 is 0 Å². The first-order valence-corrected chi connectivity index (χ1v) is 8.56. The van der Waals surface area contributed by atoms with Crippen molar-refractivity contribution < 1.29 is 9.53 Å². The van der Waals surface area contributed by atoms with Gasteiger partial charge in [0.15, 0.2) is 0 Å². The first kappa shape index (κ1) is 14.9. The third kappa shape index (κ3) is 3.81. The molecular weight excluding hydrogens is 286 g/mol. The van der Waals surface area contributed by atoms with Crippen LogP contribution in [-0.2, 0) is 28.9 Å². The van der Waals surface area contributed by atoms with Crippen molar-refractivity contribution in [3.63, 3.8) is 0 Å². The summed E-state index contributed by atoms with van der Waals surface area (Å²) in [5.41, 5.74) is 1.27. The van der Waals surface area contributed by atoms with E-state index < -0.39 is 0 Å². The molecule has 5 nitrogen and oxygen atoms in total. The van der Waals surface area contributed by atoms with E-state index in [4.69, 9.17) is 9.72 Å². The van der Waals surface area contributed by atoms with E-state index in [2.05, 4.69) is 5.32 Å². The van der Waals surface area contributed by atoms with Crippen molar-refractivity contribution in [2.45, 2.75) is 44.7 Å². The second-order valence-corrected chi connectivity index (χ2v) is 7.03. The smallest absolute Gasteiger partial charge is 0.224 e. The summed E-state index contributed by atoms with van der Waals surface area (Å²) < 4.78 is 5.39. The van der Waals surface area contributed by atoms with Crippen LogP contribution in [0.4, 0.5) is 0 Å². The average molecular weight is 309 g/mol. The summed E-state index contributed by atoms with van der Waals surface area (Å²) in [6.45, 7) is 2.83. The zero-order valence-corrected chi connectivity index (χ0v) is 13.4. The summed E-state index contributed by atoms with van der Waals surface area (Å²) in [6, 6.07) is 0.151. The maximum absolute atomic E-state index is 12.3. The molecule has 1 unspecified atom stereocenters. The predicted molar refractivity (Wildman–Crippen MR) is 82.5 cm³/mol. The fraction of sp³-hybridized carbons (Fsp3) is 0.733. The largest absolute Gasteiger partial charge is 0.378 e. The minimum Gasteiger partial charge on any atom is -0.378 e. The first-order chi connectivity index (χ1) is 10.2. The van der Waals surface area contributed by atoms with E-state index in [0.717, 1.165) is 31.0 Å². The monoisotopic (exact) mass is 309 g/mol. The summed E-state index contributed by atoms with van der Waals surface area (Å²) in [4.78, 5) is 20.2. The topological polar surface area (TPSA) is 54.5 Å². The highest BCUT2D eigenvalue weighted by Crippen LogP contribution is 2.27. The van der Waals surface area contributed by atoms with E-state index in [1.807, 2.05) is 7.05 Å². The fourth-order valence-corrected chi connectivity index (χ4v) is 4.09. The molecule has 3 rings (SSSR count). The molecule has 1 N–H and O–H groups in total. The molecular formula is C15H23N3O2S. The standard InChI is InChI=1S/C15H23N3O2S/c1-18(15(19)8-11-10-20-7-6-16-11)9-14-17-12-4-2-3-5-13(12)21-14/h11,16H,2-10H2,1H3. The maximum atomic E-state index is 12.3. The fourth-order valence-electron chi connectivity index (χ4n) is 2.88. The van der Waals surface area contributed by atoms with E-state index in [1.54, 1.807) is 16.2 Å². The van der Waals surface area contributed by atoms with Gasteiger partial charge in [0, 0.05) is 30.9 Å². The summed E-state index contributed by atoms with van der Waals surface area (Å²) in [6.07, 6.45) is 5.29. The van der Waals surface area contributed by atoms with Crippen molar-refractivity contribution in [2.24, 2.45) is 0 Å². The Bertz CT molecular complexity index is 474. The van der Waals surface area contributed by atoms with Crippen molar-refractivity contribution in [3.8, 4) is 0 Å². The highest BCUT2D eigenvalue weighted by Gasteiger charge is 2.21. The quantitative estimate of drug-likeness (QED) is 0.912. The zero-order chi connectivity index (χ0) is 14.7. The molecule has 1 aliphatic heterocycles. The number of hydrogen-bond donors (Lipinski definition) is 1. The number of nitrogens with one attached hydrogen (secondary N) is 1. The predicted octanol–water partition coefficient (Wildman–Crippen LogP) is 1.36. The van der Waals surface area contributed by atoms with E-state index in [0.29, 0.717) is 19.6 Å². The SMILES string of the molecule is CN(Cc1nc2c(s1)CCCC2)C(=O)CC1COCCN1. The third-order valence-corrected chi connectivity index (χ3v) is 5.25. The van der Waals surface area contributed by atoms with E-state index in [1.165, 1.54) is 23.4 Å². The lowest BCUT2D eigenvalue weighted by Crippen LogP contribution is -2.44. The minimum atomic E-state index is 0.151. The van der Waals surface area contributed by atoms with Gasteiger partial charge in [0.2, 0.25) is 5.91 Å². The molecule has 116 valence electrons. The van der Waals surface area contributed by atoms with Crippen molar-refractivity contribution in [1.29, 1.82) is 0 Å². The molecule has 1 fully saturated rings. The first-order valence-electron chi connectivity index (χ1n) is 7.75. The van der Waals surface area contributed by atoms with Gasteiger partial charge < -0.3 is 15.0 Å². The number of amides is 1. The highest BCUT2D eigenvalue weighted by molar-refractivity contribution is 7.11. The summed E-state index contributed by atoms with van der Waals surface area (Å²) in [5, 5.41) is 4.40. The average Bonchev–Trinajstić information content (AvgIpc) is 2.90. The van der Waals surface area contributed by atoms with Crippen LogP contribution in [0.3, 0.4) is 0 Å². The number of thiazole rings is 1. The van der Waals surface area contributed by atoms with Gasteiger partial charge in [-0.1, -0.05) is 0 Å². The Labute approximate surface area is 129 Å². The summed E-state index contributed by atoms with van der Waals surface area (Å²) in [5.74, 6) is 0.158. The number of rotatable bonds is 4. The number of morpholine rings is 1. The molecule has 1 aromatic rings. The molecule has 21 heavy (non-hydrogen) atoms. The molecule has 0 radical (unpaired) electrons. The molecule has 1 aliphatic carbocycles. The van der Waals surface area contributed by atoms with Crippen molar-refractivity contribution in [3.05, 3.63) is 15.6 Å². The normalized spacial score (nSPS) is 21.9. The number of aromatic nitrogens is 1. The van der Waals surface area contributed by atoms with Crippen molar-refractivity contribution in [1.82, 2.24) is 15.2 Å². The molecule has 1 amide bonds. The Hall–Kier alpha value is -0.980. The third-order valence-electron chi connectivity index (χ3n) is 4.11. The lowest BCUT2D eigenvalue weighted by Gasteiger charge is -2.25. The lowest BCUT2D eigenvalue weighted by molar-refractivity contribution is -0.131. The van der Waals surface area contributed by atoms with Gasteiger partial charge in [-0.3, -0.25) is 4.79 Å². The summed E-state index contributed by atoms with van der Waals surface area (Å²) >= 11 is 1.78. The van der Waals surface area contributed by atoms with Crippen LogP contribution in [0.15, 0.2) is 0 Å². The van der Waals surface area contributed by atoms with Crippen LogP contribution in [0.1, 0.15) is 34.8 Å². The number of carbonyl (C=O) groups excluding carboxylic acids is 1. The molecule has 0 bridgehead atoms. The van der Waals surface area contributed by atoms with Crippen LogP contribution in [0.2, 0.25) is 0 Å². The van der Waals surface area contributed by atoms with E-state index in [-0.39, 0.29) is 11.9 Å². The van der Waals surface area contributed by atoms with Crippen LogP contribution >= 0.6 is 11.3 Å². The Morgan fingerprint density at radius 2 is 2.33 bits per heavy atom. The number of fused-ring (bicyclic) bond motifs is 1. The van der Waals surface area contributed by atoms with Gasteiger partial charge in [0.25, 0.3) is 0 Å². The second-order valence-electron chi connectivity index (χ2n) is 5.86. The molecule has 1 saturated heterocycles. The van der Waals surface area contributed by atoms with Crippen LogP contribution in [0.5, 0.6) is 0 Å². The highest BCUT2D eigenvalue weighted by atomic mass is 32.1. The number of ether oxygens (including phenoxy) is 1.